The summed E-state index contributed by atoms with van der Waals surface area (Å²) in [6.45, 7) is 4.32. The normalized spacial score (nSPS) is 10.5. The van der Waals surface area contributed by atoms with Crippen LogP contribution in [0.5, 0.6) is 0 Å². The summed E-state index contributed by atoms with van der Waals surface area (Å²) >= 11 is 0. The second kappa shape index (κ2) is 12.7. The van der Waals surface area contributed by atoms with E-state index in [-0.39, 0.29) is 5.78 Å². The summed E-state index contributed by atoms with van der Waals surface area (Å²) in [4.78, 5) is 14.1. The predicted molar refractivity (Wildman–Crippen MR) is 152 cm³/mol. The van der Waals surface area contributed by atoms with Crippen LogP contribution in [0.15, 0.2) is 84.9 Å². The molecule has 0 saturated heterocycles. The van der Waals surface area contributed by atoms with Gasteiger partial charge in [0.25, 0.3) is 0 Å². The molecule has 0 radical (unpaired) electrons. The van der Waals surface area contributed by atoms with Gasteiger partial charge in [-0.2, -0.15) is 10.5 Å². The lowest BCUT2D eigenvalue weighted by molar-refractivity contribution is 0.103. The van der Waals surface area contributed by atoms with Gasteiger partial charge in [0.05, 0.1) is 23.3 Å². The van der Waals surface area contributed by atoms with Crippen LogP contribution in [-0.2, 0) is 25.7 Å². The second-order valence-electron chi connectivity index (χ2n) is 9.78. The molecule has 0 aliphatic rings. The van der Waals surface area contributed by atoms with Crippen LogP contribution in [0.2, 0.25) is 0 Å². The Bertz CT molecular complexity index is 1390. The molecule has 0 atom stereocenters. The Kier molecular flexibility index (Phi) is 8.86. The van der Waals surface area contributed by atoms with E-state index in [1.165, 1.54) is 11.1 Å². The molecule has 0 heterocycles. The lowest BCUT2D eigenvalue weighted by atomic mass is 9.88. The second-order valence-corrected chi connectivity index (χ2v) is 9.78. The first-order valence-corrected chi connectivity index (χ1v) is 13.3. The van der Waals surface area contributed by atoms with E-state index < -0.39 is 0 Å². The zero-order valence-electron chi connectivity index (χ0n) is 22.1. The molecule has 0 unspecified atom stereocenters. The fraction of sp³-hybridized carbons (Fsp3) is 0.229. The first-order chi connectivity index (χ1) is 18.5. The van der Waals surface area contributed by atoms with Crippen LogP contribution in [0.4, 0.5) is 0 Å². The molecule has 0 amide bonds. The lowest BCUT2D eigenvalue weighted by Gasteiger charge is -2.15. The monoisotopic (exact) mass is 496 g/mol. The first kappa shape index (κ1) is 26.6. The van der Waals surface area contributed by atoms with Crippen molar-refractivity contribution in [1.82, 2.24) is 0 Å². The SMILES string of the molecule is CCCc1ccc(C(=O)c2ccc(CCC)cc2Cc2ccc(C#N)cc2)c(Cc2ccc(C#N)cc2)c1. The Morgan fingerprint density at radius 3 is 1.29 bits per heavy atom. The molecule has 0 aromatic heterocycles. The highest BCUT2D eigenvalue weighted by Gasteiger charge is 2.19. The van der Waals surface area contributed by atoms with Crippen molar-refractivity contribution < 1.29 is 4.79 Å². The third-order valence-corrected chi connectivity index (χ3v) is 6.86. The molecule has 0 aliphatic carbocycles. The standard InChI is InChI=1S/C35H32N2O/c1-3-5-25-15-17-33(31(19-25)21-27-7-11-29(23-36)12-8-27)35(38)34-18-16-26(6-4-2)20-32(34)22-28-9-13-30(24-37)14-10-28/h7-20H,3-6,21-22H2,1-2H3. The maximum absolute atomic E-state index is 14.1. The molecule has 0 bridgehead atoms. The number of hydrogen-bond donors (Lipinski definition) is 0. The molecule has 0 fully saturated rings. The number of carbonyl (C=O) groups is 1. The van der Waals surface area contributed by atoms with Crippen molar-refractivity contribution >= 4 is 5.78 Å². The lowest BCUT2D eigenvalue weighted by Crippen LogP contribution is -2.11. The summed E-state index contributed by atoms with van der Waals surface area (Å²) < 4.78 is 0. The fourth-order valence-electron chi connectivity index (χ4n) is 4.90. The number of aryl methyl sites for hydroxylation is 2. The molecule has 188 valence electrons. The van der Waals surface area contributed by atoms with Crippen LogP contribution in [0, 0.1) is 22.7 Å². The molecule has 0 saturated carbocycles. The number of benzene rings is 4. The van der Waals surface area contributed by atoms with Gasteiger partial charge >= 0.3 is 0 Å². The Labute approximate surface area is 226 Å². The van der Waals surface area contributed by atoms with Gasteiger partial charge in [0.2, 0.25) is 0 Å². The summed E-state index contributed by atoms with van der Waals surface area (Å²) in [5.74, 6) is 0.0309. The molecule has 4 aromatic rings. The van der Waals surface area contributed by atoms with E-state index in [9.17, 15) is 4.79 Å². The van der Waals surface area contributed by atoms with Gasteiger partial charge in [0.1, 0.15) is 0 Å². The Morgan fingerprint density at radius 2 is 0.947 bits per heavy atom. The highest BCUT2D eigenvalue weighted by Crippen LogP contribution is 2.25. The van der Waals surface area contributed by atoms with E-state index in [2.05, 4.69) is 50.3 Å². The van der Waals surface area contributed by atoms with Crippen LogP contribution in [0.3, 0.4) is 0 Å². The van der Waals surface area contributed by atoms with Gasteiger partial charge in [-0.05, 0) is 83.3 Å². The van der Waals surface area contributed by atoms with Crippen molar-refractivity contribution in [3.63, 3.8) is 0 Å². The molecule has 0 aliphatic heterocycles. The predicted octanol–water partition coefficient (Wildman–Crippen LogP) is 7.75. The summed E-state index contributed by atoms with van der Waals surface area (Å²) in [5.41, 5.74) is 9.31. The summed E-state index contributed by atoms with van der Waals surface area (Å²) in [7, 11) is 0. The summed E-state index contributed by atoms with van der Waals surface area (Å²) in [6.07, 6.45) is 5.26. The van der Waals surface area contributed by atoms with Crippen LogP contribution >= 0.6 is 0 Å². The highest BCUT2D eigenvalue weighted by molar-refractivity contribution is 6.11. The third kappa shape index (κ3) is 6.44. The van der Waals surface area contributed by atoms with E-state index in [0.29, 0.717) is 24.0 Å². The van der Waals surface area contributed by atoms with Gasteiger partial charge < -0.3 is 0 Å². The molecule has 3 nitrogen and oxygen atoms in total. The number of rotatable bonds is 10. The number of ketones is 1. The number of nitrogens with zero attached hydrogens (tertiary/aromatic N) is 2. The quantitative estimate of drug-likeness (QED) is 0.211. The van der Waals surface area contributed by atoms with Crippen molar-refractivity contribution in [2.75, 3.05) is 0 Å². The topological polar surface area (TPSA) is 64.7 Å². The molecule has 0 N–H and O–H groups in total. The van der Waals surface area contributed by atoms with Gasteiger partial charge in [-0.25, -0.2) is 0 Å². The Balaban J connectivity index is 1.74. The third-order valence-electron chi connectivity index (χ3n) is 6.86. The molecule has 3 heteroatoms. The minimum Gasteiger partial charge on any atom is -0.289 e. The van der Waals surface area contributed by atoms with Crippen molar-refractivity contribution in [3.05, 3.63) is 141 Å². The fourth-order valence-corrected chi connectivity index (χ4v) is 4.90. The van der Waals surface area contributed by atoms with Crippen molar-refractivity contribution in [1.29, 1.82) is 10.5 Å². The van der Waals surface area contributed by atoms with Crippen LogP contribution in [0.1, 0.15) is 87.1 Å². The van der Waals surface area contributed by atoms with Gasteiger partial charge in [-0.3, -0.25) is 4.79 Å². The number of hydrogen-bond acceptors (Lipinski definition) is 3. The molecular weight excluding hydrogens is 464 g/mol. The summed E-state index contributed by atoms with van der Waals surface area (Å²) in [6, 6.07) is 32.0. The zero-order chi connectivity index (χ0) is 26.9. The van der Waals surface area contributed by atoms with E-state index >= 15 is 0 Å². The zero-order valence-corrected chi connectivity index (χ0v) is 22.1. The van der Waals surface area contributed by atoms with Crippen LogP contribution in [-0.4, -0.2) is 5.78 Å². The van der Waals surface area contributed by atoms with Gasteiger partial charge in [0, 0.05) is 11.1 Å². The van der Waals surface area contributed by atoms with Crippen LogP contribution < -0.4 is 0 Å². The molecule has 4 aromatic carbocycles. The molecule has 4 rings (SSSR count). The molecule has 0 spiro atoms. The van der Waals surface area contributed by atoms with Crippen molar-refractivity contribution in [2.45, 2.75) is 52.4 Å². The maximum atomic E-state index is 14.1. The molecule has 38 heavy (non-hydrogen) atoms. The van der Waals surface area contributed by atoms with Crippen molar-refractivity contribution in [3.8, 4) is 12.1 Å². The average Bonchev–Trinajstić information content (AvgIpc) is 2.94. The van der Waals surface area contributed by atoms with E-state index in [0.717, 1.165) is 59.1 Å². The molecular formula is C35H32N2O. The largest absolute Gasteiger partial charge is 0.289 e. The highest BCUT2D eigenvalue weighted by atomic mass is 16.1. The average molecular weight is 497 g/mol. The number of carbonyl (C=O) groups excluding carboxylic acids is 1. The minimum atomic E-state index is 0.0309. The first-order valence-electron chi connectivity index (χ1n) is 13.3. The number of nitriles is 2. The van der Waals surface area contributed by atoms with Crippen LogP contribution in [0.25, 0.3) is 0 Å². The summed E-state index contributed by atoms with van der Waals surface area (Å²) in [5, 5.41) is 18.3. The van der Waals surface area contributed by atoms with E-state index in [1.54, 1.807) is 0 Å². The smallest absolute Gasteiger partial charge is 0.193 e. The van der Waals surface area contributed by atoms with E-state index in [1.807, 2.05) is 60.7 Å². The minimum absolute atomic E-state index is 0.0309. The Hall–Kier alpha value is -4.47. The van der Waals surface area contributed by atoms with E-state index in [4.69, 9.17) is 10.5 Å². The van der Waals surface area contributed by atoms with Gasteiger partial charge in [-0.15, -0.1) is 0 Å². The Morgan fingerprint density at radius 1 is 0.579 bits per heavy atom. The van der Waals surface area contributed by atoms with Crippen molar-refractivity contribution in [2.24, 2.45) is 0 Å². The maximum Gasteiger partial charge on any atom is 0.193 e. The van der Waals surface area contributed by atoms with Gasteiger partial charge in [0.15, 0.2) is 5.78 Å². The van der Waals surface area contributed by atoms with Gasteiger partial charge in [-0.1, -0.05) is 87.4 Å².